The predicted molar refractivity (Wildman–Crippen MR) is 61.3 cm³/mol. The molecule has 0 spiro atoms. The van der Waals surface area contributed by atoms with Gasteiger partial charge in [-0.3, -0.25) is 0 Å². The topological polar surface area (TPSA) is 28.7 Å². The molecule has 0 aliphatic carbocycles. The average Bonchev–Trinajstić information content (AvgIpc) is 2.59. The molecule has 3 rings (SSSR count). The second kappa shape index (κ2) is 2.82. The van der Waals surface area contributed by atoms with Crippen LogP contribution in [-0.4, -0.2) is 9.97 Å². The number of fused-ring (bicyclic) bond motifs is 3. The molecule has 0 aliphatic rings. The van der Waals surface area contributed by atoms with E-state index in [1.54, 1.807) is 6.20 Å². The number of rotatable bonds is 0. The van der Waals surface area contributed by atoms with Crippen LogP contribution in [0.2, 0.25) is 0 Å². The van der Waals surface area contributed by atoms with E-state index in [4.69, 9.17) is 0 Å². The largest absolute Gasteiger partial charge is 0.338 e. The van der Waals surface area contributed by atoms with E-state index in [-0.39, 0.29) is 0 Å². The zero-order chi connectivity index (χ0) is 9.54. The smallest absolute Gasteiger partial charge is 0.138 e. The standard InChI is InChI=1S/C11H7BrN2/c12-9-5-1-3-7-8-4-2-6-13-11(8)14-10(7)9/h1-6H,(H,13,14). The first-order valence-electron chi connectivity index (χ1n) is 4.37. The van der Waals surface area contributed by atoms with Gasteiger partial charge in [-0.25, -0.2) is 4.98 Å². The summed E-state index contributed by atoms with van der Waals surface area (Å²) >= 11 is 3.52. The quantitative estimate of drug-likeness (QED) is 0.647. The van der Waals surface area contributed by atoms with Crippen LogP contribution in [-0.2, 0) is 0 Å². The molecule has 68 valence electrons. The van der Waals surface area contributed by atoms with Gasteiger partial charge >= 0.3 is 0 Å². The fourth-order valence-corrected chi connectivity index (χ4v) is 2.18. The summed E-state index contributed by atoms with van der Waals surface area (Å²) in [6, 6.07) is 10.2. The fraction of sp³-hybridized carbons (Fsp3) is 0. The molecule has 0 fully saturated rings. The molecular formula is C11H7BrN2. The Kier molecular flexibility index (Phi) is 1.61. The lowest BCUT2D eigenvalue weighted by Crippen LogP contribution is -1.71. The molecule has 0 saturated heterocycles. The Labute approximate surface area is 89.1 Å². The van der Waals surface area contributed by atoms with E-state index in [9.17, 15) is 0 Å². The van der Waals surface area contributed by atoms with Crippen LogP contribution in [0.25, 0.3) is 21.9 Å². The van der Waals surface area contributed by atoms with Gasteiger partial charge in [0.2, 0.25) is 0 Å². The summed E-state index contributed by atoms with van der Waals surface area (Å²) < 4.78 is 1.08. The SMILES string of the molecule is Brc1cccc2c1[nH]c1ncccc12. The molecule has 2 heterocycles. The number of hydrogen-bond acceptors (Lipinski definition) is 1. The second-order valence-electron chi connectivity index (χ2n) is 3.19. The van der Waals surface area contributed by atoms with Crippen LogP contribution in [0.15, 0.2) is 41.0 Å². The summed E-state index contributed by atoms with van der Waals surface area (Å²) in [5, 5.41) is 2.38. The number of aromatic nitrogens is 2. The van der Waals surface area contributed by atoms with Crippen molar-refractivity contribution in [3.05, 3.63) is 41.0 Å². The van der Waals surface area contributed by atoms with Gasteiger partial charge in [-0.15, -0.1) is 0 Å². The maximum absolute atomic E-state index is 4.28. The Bertz CT molecular complexity index is 613. The number of hydrogen-bond donors (Lipinski definition) is 1. The number of benzene rings is 1. The van der Waals surface area contributed by atoms with Crippen LogP contribution < -0.4 is 0 Å². The van der Waals surface area contributed by atoms with E-state index in [0.717, 1.165) is 15.6 Å². The molecule has 1 aromatic carbocycles. The summed E-state index contributed by atoms with van der Waals surface area (Å²) in [5.74, 6) is 0. The van der Waals surface area contributed by atoms with Gasteiger partial charge in [0, 0.05) is 21.4 Å². The van der Waals surface area contributed by atoms with Gasteiger partial charge in [-0.1, -0.05) is 12.1 Å². The van der Waals surface area contributed by atoms with Crippen molar-refractivity contribution in [3.63, 3.8) is 0 Å². The second-order valence-corrected chi connectivity index (χ2v) is 4.04. The Morgan fingerprint density at radius 3 is 2.86 bits per heavy atom. The lowest BCUT2D eigenvalue weighted by Gasteiger charge is -1.91. The number of nitrogens with one attached hydrogen (secondary N) is 1. The van der Waals surface area contributed by atoms with Crippen molar-refractivity contribution < 1.29 is 0 Å². The molecule has 0 saturated carbocycles. The van der Waals surface area contributed by atoms with Gasteiger partial charge in [-0.05, 0) is 34.1 Å². The van der Waals surface area contributed by atoms with Gasteiger partial charge in [0.05, 0.1) is 5.52 Å². The van der Waals surface area contributed by atoms with Crippen LogP contribution in [0, 0.1) is 0 Å². The third-order valence-electron chi connectivity index (χ3n) is 2.35. The van der Waals surface area contributed by atoms with E-state index in [2.05, 4.69) is 38.0 Å². The van der Waals surface area contributed by atoms with Crippen molar-refractivity contribution in [2.45, 2.75) is 0 Å². The molecular weight excluding hydrogens is 240 g/mol. The van der Waals surface area contributed by atoms with Crippen LogP contribution in [0.3, 0.4) is 0 Å². The third kappa shape index (κ3) is 0.990. The lowest BCUT2D eigenvalue weighted by atomic mass is 10.2. The maximum Gasteiger partial charge on any atom is 0.138 e. The summed E-state index contributed by atoms with van der Waals surface area (Å²) in [5.41, 5.74) is 2.05. The summed E-state index contributed by atoms with van der Waals surface area (Å²) in [6.07, 6.45) is 1.80. The van der Waals surface area contributed by atoms with E-state index in [0.29, 0.717) is 0 Å². The van der Waals surface area contributed by atoms with Crippen molar-refractivity contribution in [1.29, 1.82) is 0 Å². The third-order valence-corrected chi connectivity index (χ3v) is 3.02. The van der Waals surface area contributed by atoms with Crippen molar-refractivity contribution in [2.24, 2.45) is 0 Å². The van der Waals surface area contributed by atoms with Gasteiger partial charge in [0.15, 0.2) is 0 Å². The van der Waals surface area contributed by atoms with Crippen LogP contribution in [0.4, 0.5) is 0 Å². The molecule has 14 heavy (non-hydrogen) atoms. The highest BCUT2D eigenvalue weighted by molar-refractivity contribution is 9.10. The van der Waals surface area contributed by atoms with E-state index < -0.39 is 0 Å². The maximum atomic E-state index is 4.28. The van der Waals surface area contributed by atoms with Crippen molar-refractivity contribution >= 4 is 37.9 Å². The van der Waals surface area contributed by atoms with Gasteiger partial charge in [0.25, 0.3) is 0 Å². The molecule has 1 N–H and O–H groups in total. The molecule has 3 heteroatoms. The Morgan fingerprint density at radius 2 is 1.93 bits per heavy atom. The van der Waals surface area contributed by atoms with Gasteiger partial charge < -0.3 is 4.98 Å². The Hall–Kier alpha value is -1.35. The molecule has 0 radical (unpaired) electrons. The predicted octanol–water partition coefficient (Wildman–Crippen LogP) is 3.48. The number of H-pyrrole nitrogens is 1. The Morgan fingerprint density at radius 1 is 1.07 bits per heavy atom. The first-order chi connectivity index (χ1) is 6.86. The lowest BCUT2D eigenvalue weighted by molar-refractivity contribution is 1.34. The summed E-state index contributed by atoms with van der Waals surface area (Å²) in [4.78, 5) is 7.57. The van der Waals surface area contributed by atoms with Gasteiger partial charge in [0.1, 0.15) is 5.65 Å². The molecule has 2 aromatic heterocycles. The van der Waals surface area contributed by atoms with Crippen molar-refractivity contribution in [1.82, 2.24) is 9.97 Å². The minimum atomic E-state index is 0.939. The van der Waals surface area contributed by atoms with Crippen LogP contribution in [0.1, 0.15) is 0 Å². The highest BCUT2D eigenvalue weighted by Gasteiger charge is 2.05. The molecule has 0 unspecified atom stereocenters. The molecule has 0 aliphatic heterocycles. The molecule has 0 atom stereocenters. The zero-order valence-electron chi connectivity index (χ0n) is 7.29. The highest BCUT2D eigenvalue weighted by atomic mass is 79.9. The average molecular weight is 247 g/mol. The first kappa shape index (κ1) is 8.00. The number of pyridine rings is 1. The van der Waals surface area contributed by atoms with Crippen molar-refractivity contribution in [2.75, 3.05) is 0 Å². The minimum Gasteiger partial charge on any atom is -0.338 e. The molecule has 2 nitrogen and oxygen atoms in total. The highest BCUT2D eigenvalue weighted by Crippen LogP contribution is 2.28. The van der Waals surface area contributed by atoms with Crippen molar-refractivity contribution in [3.8, 4) is 0 Å². The number of aromatic amines is 1. The van der Waals surface area contributed by atoms with E-state index in [1.165, 1.54) is 10.8 Å². The van der Waals surface area contributed by atoms with E-state index >= 15 is 0 Å². The van der Waals surface area contributed by atoms with E-state index in [1.807, 2.05) is 18.2 Å². The number of halogens is 1. The first-order valence-corrected chi connectivity index (χ1v) is 5.16. The zero-order valence-corrected chi connectivity index (χ0v) is 8.88. The molecule has 0 amide bonds. The fourth-order valence-electron chi connectivity index (χ4n) is 1.72. The monoisotopic (exact) mass is 246 g/mol. The van der Waals surface area contributed by atoms with Crippen LogP contribution >= 0.6 is 15.9 Å². The summed E-state index contributed by atoms with van der Waals surface area (Å²) in [6.45, 7) is 0. The van der Waals surface area contributed by atoms with Crippen LogP contribution in [0.5, 0.6) is 0 Å². The Balaban J connectivity index is 2.63. The molecule has 0 bridgehead atoms. The summed E-state index contributed by atoms with van der Waals surface area (Å²) in [7, 11) is 0. The number of para-hydroxylation sites is 1. The minimum absolute atomic E-state index is 0.939. The number of nitrogens with zero attached hydrogens (tertiary/aromatic N) is 1. The molecule has 3 aromatic rings. The normalized spacial score (nSPS) is 11.2. The van der Waals surface area contributed by atoms with Gasteiger partial charge in [-0.2, -0.15) is 0 Å².